The Labute approximate surface area is 460 Å². The summed E-state index contributed by atoms with van der Waals surface area (Å²) in [5.41, 5.74) is 0. The van der Waals surface area contributed by atoms with Crippen molar-refractivity contribution >= 4 is 139 Å². The molecule has 5 aliphatic heterocycles. The fourth-order valence-corrected chi connectivity index (χ4v) is 21.8. The maximum Gasteiger partial charge on any atom is 0.310 e. The van der Waals surface area contributed by atoms with E-state index in [1.54, 1.807) is 0 Å². The third kappa shape index (κ3) is 7.51. The van der Waals surface area contributed by atoms with Gasteiger partial charge in [0.1, 0.15) is 30.5 Å². The molecule has 0 amide bonds. The number of hydrogen-bond acceptors (Lipinski definition) is 15. The quantitative estimate of drug-likeness (QED) is 0.114. The van der Waals surface area contributed by atoms with E-state index in [2.05, 4.69) is 79.6 Å². The summed E-state index contributed by atoms with van der Waals surface area (Å²) in [5.74, 6) is -9.35. The molecule has 5 saturated heterocycles. The summed E-state index contributed by atoms with van der Waals surface area (Å²) in [4.78, 5) is 113. The van der Waals surface area contributed by atoms with E-state index in [9.17, 15) is 47.9 Å². The van der Waals surface area contributed by atoms with Crippen molar-refractivity contribution in [2.24, 2.45) is 118 Å². The van der Waals surface area contributed by atoms with Gasteiger partial charge in [-0.3, -0.25) is 47.9 Å². The predicted molar refractivity (Wildman–Crippen MR) is 244 cm³/mol. The summed E-state index contributed by atoms with van der Waals surface area (Å²) >= 11 is 17.2. The molecule has 385 valence electrons. The topological polar surface area (TPSA) is 318 Å². The number of carboxylic acid groups (broad SMARTS) is 5. The number of rotatable bonds is 5. The van der Waals surface area contributed by atoms with E-state index >= 15 is 0 Å². The van der Waals surface area contributed by atoms with Crippen LogP contribution in [-0.2, 0) is 94.0 Å². The summed E-state index contributed by atoms with van der Waals surface area (Å²) < 4.78 is 25.9. The molecule has 10 aliphatic carbocycles. The van der Waals surface area contributed by atoms with Crippen molar-refractivity contribution < 1.29 is 120 Å². The minimum Gasteiger partial charge on any atom is -0.481 e. The van der Waals surface area contributed by atoms with Gasteiger partial charge < -0.3 is 49.2 Å². The number of halogens is 5. The largest absolute Gasteiger partial charge is 0.481 e. The molecule has 0 spiro atoms. The van der Waals surface area contributed by atoms with E-state index < -0.39 is 59.4 Å². The van der Waals surface area contributed by atoms with Crippen LogP contribution in [0.1, 0.15) is 32.1 Å². The van der Waals surface area contributed by atoms with E-state index in [4.69, 9.17) is 49.2 Å². The molecular formula is C45H45Br5NbO20. The molecule has 15 fully saturated rings. The summed E-state index contributed by atoms with van der Waals surface area (Å²) in [6, 6.07) is 0. The monoisotopic (exact) mass is 1390 g/mol. The Morgan fingerprint density at radius 2 is 0.451 bits per heavy atom. The second-order valence-electron chi connectivity index (χ2n) is 21.5. The van der Waals surface area contributed by atoms with Crippen molar-refractivity contribution in [2.45, 2.75) is 86.8 Å². The van der Waals surface area contributed by atoms with Crippen LogP contribution in [0.4, 0.5) is 0 Å². The standard InChI is InChI=1S/5C9H9BrO4.Nb/c5*10-6-2-1-3-5(4(2)8(11)12)9(13)14-7(3)6;/h5*2-7H,1H2,(H,11,12);. The van der Waals surface area contributed by atoms with Gasteiger partial charge in [-0.25, -0.2) is 0 Å². The first kappa shape index (κ1) is 52.3. The van der Waals surface area contributed by atoms with E-state index in [1.165, 1.54) is 0 Å². The summed E-state index contributed by atoms with van der Waals surface area (Å²) in [5, 5.41) is 45.3. The number of carbonyl (C=O) groups excluding carboxylic acids is 5. The number of fused-ring (bicyclic) bond motifs is 5. The maximum absolute atomic E-state index is 11.4. The van der Waals surface area contributed by atoms with Crippen LogP contribution in [0.25, 0.3) is 0 Å². The van der Waals surface area contributed by atoms with Crippen LogP contribution >= 0.6 is 79.6 Å². The van der Waals surface area contributed by atoms with E-state index in [0.29, 0.717) is 0 Å². The average Bonchev–Trinajstić information content (AvgIpc) is 4.12. The van der Waals surface area contributed by atoms with Gasteiger partial charge in [0.15, 0.2) is 0 Å². The van der Waals surface area contributed by atoms with Gasteiger partial charge in [-0.2, -0.15) is 0 Å². The zero-order chi connectivity index (χ0) is 50.2. The van der Waals surface area contributed by atoms with Gasteiger partial charge in [0, 0.05) is 52.0 Å². The molecule has 30 atom stereocenters. The molecule has 10 bridgehead atoms. The molecule has 15 rings (SSSR count). The number of carbonyl (C=O) groups is 10. The first-order valence-electron chi connectivity index (χ1n) is 23.4. The maximum atomic E-state index is 11.4. The summed E-state index contributed by atoms with van der Waals surface area (Å²) in [6.45, 7) is 0. The molecule has 5 N–H and O–H groups in total. The van der Waals surface area contributed by atoms with Crippen LogP contribution in [-0.4, -0.2) is 140 Å². The Kier molecular flexibility index (Phi) is 13.7. The molecule has 0 aromatic rings. The fourth-order valence-electron chi connectivity index (χ4n) is 16.5. The summed E-state index contributed by atoms with van der Waals surface area (Å²) in [7, 11) is 0. The number of carboxylic acids is 5. The van der Waals surface area contributed by atoms with E-state index in [1.807, 2.05) is 0 Å². The SMILES string of the molecule is O=C(O)C1C2CC3C(OC(=O)C31)C2Br.O=C(O)C1C2CC3C(OC(=O)C31)C2Br.O=C(O)C1C2CC3C(OC(=O)C31)C2Br.O=C(O)C1C2CC3C(OC(=O)C31)C2Br.O=C(O)C1C2CC3C(OC(=O)C31)C2Br.[Nb]. The normalized spacial score (nSPS) is 52.9. The minimum absolute atomic E-state index is 0. The minimum atomic E-state index is -0.857. The van der Waals surface area contributed by atoms with Gasteiger partial charge in [-0.05, 0) is 61.7 Å². The van der Waals surface area contributed by atoms with Gasteiger partial charge >= 0.3 is 59.7 Å². The van der Waals surface area contributed by atoms with Crippen molar-refractivity contribution in [3.63, 3.8) is 0 Å². The zero-order valence-electron chi connectivity index (χ0n) is 36.6. The van der Waals surface area contributed by atoms with Gasteiger partial charge in [0.2, 0.25) is 0 Å². The number of aliphatic carboxylic acids is 5. The second kappa shape index (κ2) is 18.5. The van der Waals surface area contributed by atoms with Gasteiger partial charge in [-0.15, -0.1) is 0 Å². The molecule has 71 heavy (non-hydrogen) atoms. The van der Waals surface area contributed by atoms with Crippen LogP contribution in [0.3, 0.4) is 0 Å². The Hall–Kier alpha value is -2.16. The van der Waals surface area contributed by atoms with Crippen molar-refractivity contribution in [3.8, 4) is 0 Å². The van der Waals surface area contributed by atoms with Crippen molar-refractivity contribution in [3.05, 3.63) is 0 Å². The molecule has 1 radical (unpaired) electrons. The van der Waals surface area contributed by atoms with Crippen molar-refractivity contribution in [2.75, 3.05) is 0 Å². The average molecular weight is 1400 g/mol. The Bertz CT molecular complexity index is 2020. The number of alkyl halides is 5. The Balaban J connectivity index is 0.000000102. The van der Waals surface area contributed by atoms with Crippen LogP contribution in [0.15, 0.2) is 0 Å². The van der Waals surface area contributed by atoms with E-state index in [0.717, 1.165) is 32.1 Å². The molecule has 5 heterocycles. The molecule has 0 aromatic heterocycles. The van der Waals surface area contributed by atoms with Crippen molar-refractivity contribution in [1.82, 2.24) is 0 Å². The molecule has 30 unspecified atom stereocenters. The van der Waals surface area contributed by atoms with Crippen LogP contribution in [0.2, 0.25) is 0 Å². The Morgan fingerprint density at radius 1 is 0.310 bits per heavy atom. The smallest absolute Gasteiger partial charge is 0.310 e. The predicted octanol–water partition coefficient (Wildman–Crippen LogP) is 3.21. The number of ether oxygens (including phenoxy) is 5. The van der Waals surface area contributed by atoms with Crippen LogP contribution < -0.4 is 0 Å². The molecule has 0 aromatic carbocycles. The van der Waals surface area contributed by atoms with E-state index in [-0.39, 0.29) is 196 Å². The first-order valence-corrected chi connectivity index (χ1v) is 28.0. The Morgan fingerprint density at radius 3 is 0.577 bits per heavy atom. The molecule has 26 heteroatoms. The third-order valence-electron chi connectivity index (χ3n) is 19.0. The van der Waals surface area contributed by atoms with Gasteiger partial charge in [0.25, 0.3) is 0 Å². The molecule has 15 aliphatic rings. The third-order valence-corrected chi connectivity index (χ3v) is 25.0. The zero-order valence-corrected chi connectivity index (χ0v) is 46.7. The molecule has 20 nitrogen and oxygen atoms in total. The van der Waals surface area contributed by atoms with Crippen molar-refractivity contribution in [1.29, 1.82) is 0 Å². The van der Waals surface area contributed by atoms with Crippen LogP contribution in [0.5, 0.6) is 0 Å². The fraction of sp³-hybridized carbons (Fsp3) is 0.778. The van der Waals surface area contributed by atoms with Gasteiger partial charge in [0.05, 0.1) is 83.3 Å². The van der Waals surface area contributed by atoms with Crippen LogP contribution in [0, 0.1) is 118 Å². The van der Waals surface area contributed by atoms with Gasteiger partial charge in [-0.1, -0.05) is 79.6 Å². The summed E-state index contributed by atoms with van der Waals surface area (Å²) in [6.07, 6.45) is 3.69. The molecular weight excluding hydrogens is 1350 g/mol. The number of hydrogen-bond donors (Lipinski definition) is 5. The molecule has 10 saturated carbocycles. The number of esters is 5. The second-order valence-corrected chi connectivity index (χ2v) is 26.8. The first-order chi connectivity index (χ1) is 33.0.